The number of nitrogens with zero attached hydrogens (tertiary/aromatic N) is 5. The van der Waals surface area contributed by atoms with E-state index in [0.717, 1.165) is 47.5 Å². The van der Waals surface area contributed by atoms with Crippen molar-refractivity contribution in [3.8, 4) is 28.2 Å². The molecule has 5 rings (SSSR count). The highest BCUT2D eigenvalue weighted by Gasteiger charge is 2.16. The first kappa shape index (κ1) is 25.0. The summed E-state index contributed by atoms with van der Waals surface area (Å²) in [6.07, 6.45) is 5.48. The Hall–Kier alpha value is -4.62. The molecule has 0 aliphatic heterocycles. The molecule has 7 nitrogen and oxygen atoms in total. The van der Waals surface area contributed by atoms with Crippen LogP contribution in [0.3, 0.4) is 0 Å². The summed E-state index contributed by atoms with van der Waals surface area (Å²) in [7, 11) is 4.10. The van der Waals surface area contributed by atoms with Gasteiger partial charge in [0.15, 0.2) is 5.82 Å². The van der Waals surface area contributed by atoms with Crippen molar-refractivity contribution in [1.82, 2.24) is 24.6 Å². The smallest absolute Gasteiger partial charge is 0.274 e. The molecule has 0 fully saturated rings. The van der Waals surface area contributed by atoms with E-state index in [2.05, 4.69) is 20.3 Å². The largest absolute Gasteiger partial charge is 0.319 e. The molecule has 0 saturated heterocycles. The number of rotatable bonds is 9. The first-order valence-corrected chi connectivity index (χ1v) is 12.7. The molecule has 0 spiro atoms. The molecule has 1 N–H and O–H groups in total. The number of aryl methyl sites for hydroxylation is 1. The lowest BCUT2D eigenvalue weighted by molar-refractivity contribution is 0.102. The number of para-hydroxylation sites is 2. The third-order valence-corrected chi connectivity index (χ3v) is 6.17. The summed E-state index contributed by atoms with van der Waals surface area (Å²) < 4.78 is 1.78. The molecule has 3 aromatic carbocycles. The molecule has 190 valence electrons. The van der Waals surface area contributed by atoms with Crippen molar-refractivity contribution in [1.29, 1.82) is 0 Å². The van der Waals surface area contributed by atoms with Crippen LogP contribution < -0.4 is 5.32 Å². The van der Waals surface area contributed by atoms with E-state index in [0.29, 0.717) is 17.2 Å². The highest BCUT2D eigenvalue weighted by Crippen LogP contribution is 2.25. The zero-order chi connectivity index (χ0) is 26.3. The van der Waals surface area contributed by atoms with Crippen molar-refractivity contribution in [2.24, 2.45) is 0 Å². The van der Waals surface area contributed by atoms with Gasteiger partial charge < -0.3 is 10.2 Å². The van der Waals surface area contributed by atoms with E-state index in [4.69, 9.17) is 4.98 Å². The van der Waals surface area contributed by atoms with Gasteiger partial charge in [-0.25, -0.2) is 14.6 Å². The lowest BCUT2D eigenvalue weighted by Crippen LogP contribution is -2.17. The predicted octanol–water partition coefficient (Wildman–Crippen LogP) is 5.74. The van der Waals surface area contributed by atoms with E-state index in [1.807, 2.05) is 111 Å². The zero-order valence-electron chi connectivity index (χ0n) is 21.6. The lowest BCUT2D eigenvalue weighted by atomic mass is 10.1. The average molecular weight is 503 g/mol. The summed E-state index contributed by atoms with van der Waals surface area (Å²) in [5, 5.41) is 7.61. The minimum Gasteiger partial charge on any atom is -0.319 e. The van der Waals surface area contributed by atoms with Crippen LogP contribution in [0.15, 0.2) is 103 Å². The molecule has 38 heavy (non-hydrogen) atoms. The van der Waals surface area contributed by atoms with Gasteiger partial charge in [0.1, 0.15) is 5.69 Å². The maximum atomic E-state index is 13.5. The molecular formula is C31H30N6O. The van der Waals surface area contributed by atoms with Crippen LogP contribution in [0.25, 0.3) is 28.2 Å². The van der Waals surface area contributed by atoms with Crippen LogP contribution in [-0.2, 0) is 6.42 Å². The quantitative estimate of drug-likeness (QED) is 0.278. The fourth-order valence-corrected chi connectivity index (χ4v) is 4.23. The number of nitrogens with one attached hydrogen (secondary N) is 1. The summed E-state index contributed by atoms with van der Waals surface area (Å²) >= 11 is 0. The molecule has 0 aliphatic rings. The van der Waals surface area contributed by atoms with Crippen LogP contribution in [0.2, 0.25) is 0 Å². The Labute approximate surface area is 222 Å². The van der Waals surface area contributed by atoms with Gasteiger partial charge in [0.2, 0.25) is 0 Å². The zero-order valence-corrected chi connectivity index (χ0v) is 21.6. The number of carbonyl (C=O) groups excluding carboxylic acids is 1. The molecule has 0 bridgehead atoms. The summed E-state index contributed by atoms with van der Waals surface area (Å²) in [5.74, 6) is 0.257. The van der Waals surface area contributed by atoms with Crippen LogP contribution >= 0.6 is 0 Å². The molecule has 0 atom stereocenters. The second-order valence-electron chi connectivity index (χ2n) is 9.35. The Morgan fingerprint density at radius 1 is 0.842 bits per heavy atom. The fraction of sp³-hybridized carbons (Fsp3) is 0.161. The highest BCUT2D eigenvalue weighted by molar-refractivity contribution is 6.04. The molecule has 7 heteroatoms. The van der Waals surface area contributed by atoms with E-state index in [-0.39, 0.29) is 5.91 Å². The Morgan fingerprint density at radius 2 is 1.53 bits per heavy atom. The van der Waals surface area contributed by atoms with Crippen molar-refractivity contribution < 1.29 is 4.79 Å². The molecule has 5 aromatic rings. The molecular weight excluding hydrogens is 472 g/mol. The Bertz CT molecular complexity index is 1510. The summed E-state index contributed by atoms with van der Waals surface area (Å²) in [4.78, 5) is 25.0. The van der Waals surface area contributed by atoms with Crippen LogP contribution in [0, 0.1) is 0 Å². The van der Waals surface area contributed by atoms with E-state index in [9.17, 15) is 4.79 Å². The average Bonchev–Trinajstić information content (AvgIpc) is 3.44. The SMILES string of the molecule is CN(C)CCCc1cc(C(=O)Nc2ccccc2-n2cc(-c3ccccc3)cn2)nc(-c2ccccc2)n1. The third kappa shape index (κ3) is 6.02. The molecule has 0 radical (unpaired) electrons. The van der Waals surface area contributed by atoms with Crippen LogP contribution in [0.1, 0.15) is 22.6 Å². The van der Waals surface area contributed by atoms with Crippen LogP contribution in [-0.4, -0.2) is 51.2 Å². The van der Waals surface area contributed by atoms with Crippen molar-refractivity contribution in [2.75, 3.05) is 26.0 Å². The number of hydrogen-bond acceptors (Lipinski definition) is 5. The molecule has 0 aliphatic carbocycles. The first-order chi connectivity index (χ1) is 18.6. The van der Waals surface area contributed by atoms with Crippen molar-refractivity contribution in [3.05, 3.63) is 115 Å². The summed E-state index contributed by atoms with van der Waals surface area (Å²) in [6.45, 7) is 0.939. The van der Waals surface area contributed by atoms with Gasteiger partial charge >= 0.3 is 0 Å². The first-order valence-electron chi connectivity index (χ1n) is 12.7. The second kappa shape index (κ2) is 11.6. The van der Waals surface area contributed by atoms with Gasteiger partial charge in [0.05, 0.1) is 17.6 Å². The number of hydrogen-bond donors (Lipinski definition) is 1. The topological polar surface area (TPSA) is 75.9 Å². The van der Waals surface area contributed by atoms with Gasteiger partial charge in [-0.05, 0) is 57.2 Å². The van der Waals surface area contributed by atoms with Crippen molar-refractivity contribution in [3.63, 3.8) is 0 Å². The van der Waals surface area contributed by atoms with Crippen LogP contribution in [0.5, 0.6) is 0 Å². The Kier molecular flexibility index (Phi) is 7.66. The molecule has 1 amide bonds. The monoisotopic (exact) mass is 502 g/mol. The second-order valence-corrected chi connectivity index (χ2v) is 9.35. The normalized spacial score (nSPS) is 11.0. The van der Waals surface area contributed by atoms with E-state index in [1.165, 1.54) is 0 Å². The maximum Gasteiger partial charge on any atom is 0.274 e. The minimum atomic E-state index is -0.290. The summed E-state index contributed by atoms with van der Waals surface area (Å²) in [6, 6.07) is 29.2. The van der Waals surface area contributed by atoms with E-state index in [1.54, 1.807) is 10.7 Å². The van der Waals surface area contributed by atoms with Crippen molar-refractivity contribution in [2.45, 2.75) is 12.8 Å². The van der Waals surface area contributed by atoms with E-state index >= 15 is 0 Å². The third-order valence-electron chi connectivity index (χ3n) is 6.17. The maximum absolute atomic E-state index is 13.5. The molecule has 2 aromatic heterocycles. The number of aromatic nitrogens is 4. The molecule has 0 unspecified atom stereocenters. The minimum absolute atomic E-state index is 0.290. The summed E-state index contributed by atoms with van der Waals surface area (Å²) in [5.41, 5.74) is 5.55. The van der Waals surface area contributed by atoms with Crippen molar-refractivity contribution >= 4 is 11.6 Å². The Morgan fingerprint density at radius 3 is 2.26 bits per heavy atom. The number of carbonyl (C=O) groups is 1. The predicted molar refractivity (Wildman–Crippen MR) is 151 cm³/mol. The number of anilines is 1. The van der Waals surface area contributed by atoms with Gasteiger partial charge in [-0.1, -0.05) is 72.8 Å². The standard InChI is InChI=1S/C31H30N6O/c1-36(2)19-11-16-26-20-28(34-30(33-26)24-14-7-4-8-15-24)31(38)35-27-17-9-10-18-29(27)37-22-25(21-32-37)23-12-5-3-6-13-23/h3-10,12-15,17-18,20-22H,11,16,19H2,1-2H3,(H,35,38). The highest BCUT2D eigenvalue weighted by atomic mass is 16.1. The fourth-order valence-electron chi connectivity index (χ4n) is 4.23. The number of amides is 1. The van der Waals surface area contributed by atoms with Gasteiger partial charge in [0, 0.05) is 23.0 Å². The van der Waals surface area contributed by atoms with Gasteiger partial charge in [-0.15, -0.1) is 0 Å². The van der Waals surface area contributed by atoms with Gasteiger partial charge in [0.25, 0.3) is 5.91 Å². The molecule has 0 saturated carbocycles. The number of benzene rings is 3. The van der Waals surface area contributed by atoms with Gasteiger partial charge in [-0.2, -0.15) is 5.10 Å². The van der Waals surface area contributed by atoms with Crippen LogP contribution in [0.4, 0.5) is 5.69 Å². The van der Waals surface area contributed by atoms with E-state index < -0.39 is 0 Å². The lowest BCUT2D eigenvalue weighted by Gasteiger charge is -2.13. The van der Waals surface area contributed by atoms with Gasteiger partial charge in [-0.3, -0.25) is 4.79 Å². The molecule has 2 heterocycles. The Balaban J connectivity index is 1.43.